The van der Waals surface area contributed by atoms with Gasteiger partial charge in [-0.1, -0.05) is 43.1 Å². The van der Waals surface area contributed by atoms with Crippen LogP contribution in [0.15, 0.2) is 23.0 Å². The molecule has 0 spiro atoms. The van der Waals surface area contributed by atoms with E-state index in [1.54, 1.807) is 18.2 Å². The fourth-order valence-corrected chi connectivity index (χ4v) is 2.86. The highest BCUT2D eigenvalue weighted by molar-refractivity contribution is 6.36. The highest BCUT2D eigenvalue weighted by Gasteiger charge is 2.16. The Morgan fingerprint density at radius 2 is 1.86 bits per heavy atom. The summed E-state index contributed by atoms with van der Waals surface area (Å²) in [6.45, 7) is 4.03. The first kappa shape index (κ1) is 15.1. The molecule has 3 rings (SSSR count). The minimum absolute atomic E-state index is 0.191. The smallest absolute Gasteiger partial charge is 0.279 e. The number of nitrogens with one attached hydrogen (secondary N) is 2. The highest BCUT2D eigenvalue weighted by Crippen LogP contribution is 2.26. The van der Waals surface area contributed by atoms with Crippen LogP contribution >= 0.6 is 23.2 Å². The molecule has 0 bridgehead atoms. The average Bonchev–Trinajstić information content (AvgIpc) is 2.87. The number of rotatable bonds is 3. The van der Waals surface area contributed by atoms with Crippen molar-refractivity contribution in [3.05, 3.63) is 55.7 Å². The normalized spacial score (nSPS) is 11.5. The van der Waals surface area contributed by atoms with Crippen molar-refractivity contribution in [2.75, 3.05) is 0 Å². The quantitative estimate of drug-likeness (QED) is 0.766. The topological polar surface area (TPSA) is 74.4 Å². The molecule has 0 atom stereocenters. The third-order valence-electron chi connectivity index (χ3n) is 3.47. The molecule has 114 valence electrons. The molecule has 1 aromatic carbocycles. The maximum Gasteiger partial charge on any atom is 0.279 e. The number of hydrogen-bond acceptors (Lipinski definition) is 3. The van der Waals surface area contributed by atoms with Crippen LogP contribution in [0, 0.1) is 0 Å². The summed E-state index contributed by atoms with van der Waals surface area (Å²) in [6.07, 6.45) is 0.354. The standard InChI is InChI=1S/C15H14Cl2N4O/c1-7(2)12-13-14(21-20-12)15(22)19-11(18-13)6-8-9(16)4-3-5-10(8)17/h3-5,7H,6H2,1-2H3,(H,20,21)(H,18,19,22). The molecule has 2 aromatic heterocycles. The fraction of sp³-hybridized carbons (Fsp3) is 0.267. The van der Waals surface area contributed by atoms with Crippen molar-refractivity contribution in [1.29, 1.82) is 0 Å². The van der Waals surface area contributed by atoms with Crippen LogP contribution in [0.25, 0.3) is 11.0 Å². The van der Waals surface area contributed by atoms with Gasteiger partial charge < -0.3 is 4.98 Å². The van der Waals surface area contributed by atoms with Gasteiger partial charge >= 0.3 is 0 Å². The van der Waals surface area contributed by atoms with Gasteiger partial charge in [0.2, 0.25) is 0 Å². The molecule has 0 aliphatic carbocycles. The molecule has 3 aromatic rings. The van der Waals surface area contributed by atoms with Crippen molar-refractivity contribution in [1.82, 2.24) is 20.2 Å². The van der Waals surface area contributed by atoms with Gasteiger partial charge in [-0.2, -0.15) is 5.10 Å². The number of halogens is 2. The first-order chi connectivity index (χ1) is 10.5. The van der Waals surface area contributed by atoms with E-state index in [1.807, 2.05) is 13.8 Å². The first-order valence-electron chi connectivity index (χ1n) is 6.87. The summed E-state index contributed by atoms with van der Waals surface area (Å²) in [4.78, 5) is 19.4. The molecule has 0 unspecified atom stereocenters. The number of aromatic nitrogens is 4. The molecule has 0 fully saturated rings. The summed E-state index contributed by atoms with van der Waals surface area (Å²) >= 11 is 12.4. The summed E-state index contributed by atoms with van der Waals surface area (Å²) in [7, 11) is 0. The van der Waals surface area contributed by atoms with Gasteiger partial charge in [-0.25, -0.2) is 4.98 Å². The summed E-state index contributed by atoms with van der Waals surface area (Å²) in [6, 6.07) is 5.30. The molecule has 0 aliphatic heterocycles. The SMILES string of the molecule is CC(C)c1[nH]nc2c(=O)[nH]c(Cc3c(Cl)cccc3Cl)nc12. The largest absolute Gasteiger partial charge is 0.308 e. The Bertz CT molecular complexity index is 878. The number of fused-ring (bicyclic) bond motifs is 1. The van der Waals surface area contributed by atoms with Crippen LogP contribution in [-0.4, -0.2) is 20.2 Å². The van der Waals surface area contributed by atoms with Gasteiger partial charge in [0.05, 0.1) is 5.69 Å². The van der Waals surface area contributed by atoms with Gasteiger partial charge in [-0.15, -0.1) is 0 Å². The van der Waals surface area contributed by atoms with E-state index in [0.29, 0.717) is 33.3 Å². The van der Waals surface area contributed by atoms with Gasteiger partial charge in [0.1, 0.15) is 11.3 Å². The Labute approximate surface area is 136 Å². The van der Waals surface area contributed by atoms with E-state index >= 15 is 0 Å². The third-order valence-corrected chi connectivity index (χ3v) is 4.18. The zero-order valence-corrected chi connectivity index (χ0v) is 13.6. The van der Waals surface area contributed by atoms with Crippen LogP contribution in [-0.2, 0) is 6.42 Å². The number of benzene rings is 1. The predicted octanol–water partition coefficient (Wildman–Crippen LogP) is 3.67. The first-order valence-corrected chi connectivity index (χ1v) is 7.63. The van der Waals surface area contributed by atoms with Crippen molar-refractivity contribution in [3.8, 4) is 0 Å². The third kappa shape index (κ3) is 2.62. The minimum atomic E-state index is -0.272. The predicted molar refractivity (Wildman–Crippen MR) is 87.9 cm³/mol. The van der Waals surface area contributed by atoms with Crippen LogP contribution in [0.1, 0.15) is 36.8 Å². The lowest BCUT2D eigenvalue weighted by molar-refractivity contribution is 0.814. The zero-order valence-electron chi connectivity index (χ0n) is 12.1. The lowest BCUT2D eigenvalue weighted by Crippen LogP contribution is -2.12. The van der Waals surface area contributed by atoms with Crippen molar-refractivity contribution in [3.63, 3.8) is 0 Å². The monoisotopic (exact) mass is 336 g/mol. The van der Waals surface area contributed by atoms with Crippen molar-refractivity contribution < 1.29 is 0 Å². The molecule has 0 amide bonds. The molecule has 7 heteroatoms. The van der Waals surface area contributed by atoms with Crippen LogP contribution in [0.3, 0.4) is 0 Å². The van der Waals surface area contributed by atoms with E-state index in [2.05, 4.69) is 20.2 Å². The van der Waals surface area contributed by atoms with E-state index in [0.717, 1.165) is 11.3 Å². The van der Waals surface area contributed by atoms with Gasteiger partial charge in [0.15, 0.2) is 5.52 Å². The number of H-pyrrole nitrogens is 2. The second-order valence-electron chi connectivity index (χ2n) is 5.38. The second-order valence-corrected chi connectivity index (χ2v) is 6.19. The molecule has 0 saturated heterocycles. The summed E-state index contributed by atoms with van der Waals surface area (Å²) in [5, 5.41) is 8.02. The fourth-order valence-electron chi connectivity index (χ4n) is 2.33. The van der Waals surface area contributed by atoms with Gasteiger partial charge in [-0.3, -0.25) is 9.89 Å². The lowest BCUT2D eigenvalue weighted by Gasteiger charge is -2.07. The second kappa shape index (κ2) is 5.74. The van der Waals surface area contributed by atoms with Crippen LogP contribution in [0.4, 0.5) is 0 Å². The van der Waals surface area contributed by atoms with Crippen LogP contribution < -0.4 is 5.56 Å². The Kier molecular flexibility index (Phi) is 3.93. The molecule has 0 saturated carbocycles. The maximum atomic E-state index is 12.2. The van der Waals surface area contributed by atoms with E-state index in [1.165, 1.54) is 0 Å². The Hall–Kier alpha value is -1.85. The summed E-state index contributed by atoms with van der Waals surface area (Å²) in [5.41, 5.74) is 2.22. The molecule has 2 heterocycles. The molecule has 22 heavy (non-hydrogen) atoms. The van der Waals surface area contributed by atoms with E-state index < -0.39 is 0 Å². The van der Waals surface area contributed by atoms with Gasteiger partial charge in [-0.05, 0) is 23.6 Å². The van der Waals surface area contributed by atoms with E-state index in [4.69, 9.17) is 23.2 Å². The molecular formula is C15H14Cl2N4O. The lowest BCUT2D eigenvalue weighted by atomic mass is 10.1. The molecular weight excluding hydrogens is 323 g/mol. The van der Waals surface area contributed by atoms with Gasteiger partial charge in [0, 0.05) is 16.5 Å². The van der Waals surface area contributed by atoms with Gasteiger partial charge in [0.25, 0.3) is 5.56 Å². The van der Waals surface area contributed by atoms with E-state index in [9.17, 15) is 4.79 Å². The average molecular weight is 337 g/mol. The Morgan fingerprint density at radius 3 is 2.50 bits per heavy atom. The summed E-state index contributed by atoms with van der Waals surface area (Å²) in [5.74, 6) is 0.701. The molecule has 2 N–H and O–H groups in total. The van der Waals surface area contributed by atoms with Crippen molar-refractivity contribution >= 4 is 34.2 Å². The molecule has 0 aliphatic rings. The zero-order chi connectivity index (χ0) is 15.9. The van der Waals surface area contributed by atoms with Crippen LogP contribution in [0.5, 0.6) is 0 Å². The molecule has 0 radical (unpaired) electrons. The number of nitrogens with zero attached hydrogens (tertiary/aromatic N) is 2. The number of hydrogen-bond donors (Lipinski definition) is 2. The van der Waals surface area contributed by atoms with E-state index in [-0.39, 0.29) is 11.5 Å². The summed E-state index contributed by atoms with van der Waals surface area (Å²) < 4.78 is 0. The Morgan fingerprint density at radius 1 is 1.18 bits per heavy atom. The van der Waals surface area contributed by atoms with Crippen LogP contribution in [0.2, 0.25) is 10.0 Å². The highest BCUT2D eigenvalue weighted by atomic mass is 35.5. The molecule has 5 nitrogen and oxygen atoms in total. The van der Waals surface area contributed by atoms with Crippen molar-refractivity contribution in [2.24, 2.45) is 0 Å². The minimum Gasteiger partial charge on any atom is -0.308 e. The number of aromatic amines is 2. The Balaban J connectivity index is 2.12. The van der Waals surface area contributed by atoms with Crippen molar-refractivity contribution in [2.45, 2.75) is 26.2 Å². The maximum absolute atomic E-state index is 12.2.